The van der Waals surface area contributed by atoms with Gasteiger partial charge in [0.1, 0.15) is 0 Å². The first-order valence-corrected chi connectivity index (χ1v) is 11.2. The maximum atomic E-state index is 13.2. The van der Waals surface area contributed by atoms with E-state index >= 15 is 0 Å². The summed E-state index contributed by atoms with van der Waals surface area (Å²) in [4.78, 5) is 36.8. The summed E-state index contributed by atoms with van der Waals surface area (Å²) in [5.74, 6) is -2.28. The molecule has 0 unspecified atom stereocenters. The Bertz CT molecular complexity index is 1010. The molecule has 1 aliphatic carbocycles. The third-order valence-corrected chi connectivity index (χ3v) is 7.67. The molecule has 3 rings (SSSR count). The van der Waals surface area contributed by atoms with E-state index < -0.39 is 39.0 Å². The monoisotopic (exact) mass is 429 g/mol. The summed E-state index contributed by atoms with van der Waals surface area (Å²) in [7, 11) is -3.98. The Morgan fingerprint density at radius 2 is 1.43 bits per heavy atom. The number of carbonyl (C=O) groups is 3. The van der Waals surface area contributed by atoms with E-state index in [-0.39, 0.29) is 24.2 Å². The number of amides is 2. The molecule has 1 aliphatic rings. The Kier molecular flexibility index (Phi) is 6.66. The molecule has 0 atom stereocenters. The van der Waals surface area contributed by atoms with Crippen LogP contribution in [-0.2, 0) is 35.4 Å². The highest BCUT2D eigenvalue weighted by atomic mass is 32.2. The van der Waals surface area contributed by atoms with Crippen LogP contribution in [0.3, 0.4) is 0 Å². The highest BCUT2D eigenvalue weighted by Gasteiger charge is 2.54. The summed E-state index contributed by atoms with van der Waals surface area (Å²) >= 11 is 0. The molecular formula is C22H23NO6S. The summed E-state index contributed by atoms with van der Waals surface area (Å²) in [6.07, 6.45) is 1.42. The lowest BCUT2D eigenvalue weighted by molar-refractivity contribution is -0.152. The van der Waals surface area contributed by atoms with Gasteiger partial charge in [0.05, 0.1) is 11.3 Å². The average Bonchev–Trinajstić information content (AvgIpc) is 3.25. The number of imide groups is 1. The maximum absolute atomic E-state index is 13.2. The standard InChI is InChI=1S/C22H23NO6S/c24-19(15-17-9-3-1-4-10-17)23-20(25)16-29-21(26)22(13-7-8-14-22)30(27,28)18-11-5-2-6-12-18/h1-6,9-12H,7-8,13-16H2,(H,23,24,25). The molecule has 1 saturated carbocycles. The van der Waals surface area contributed by atoms with Gasteiger partial charge in [0.15, 0.2) is 21.2 Å². The largest absolute Gasteiger partial charge is 0.454 e. The number of hydrogen-bond acceptors (Lipinski definition) is 6. The molecule has 0 aromatic heterocycles. The highest BCUT2D eigenvalue weighted by molar-refractivity contribution is 7.93. The molecule has 2 aromatic rings. The van der Waals surface area contributed by atoms with Crippen molar-refractivity contribution in [2.45, 2.75) is 41.7 Å². The lowest BCUT2D eigenvalue weighted by atomic mass is 10.1. The van der Waals surface area contributed by atoms with Gasteiger partial charge in [-0.1, -0.05) is 61.4 Å². The van der Waals surface area contributed by atoms with Crippen LogP contribution in [0.25, 0.3) is 0 Å². The minimum Gasteiger partial charge on any atom is -0.454 e. The minimum absolute atomic E-state index is 0.00680. The fraction of sp³-hybridized carbons (Fsp3) is 0.318. The molecule has 7 nitrogen and oxygen atoms in total. The van der Waals surface area contributed by atoms with E-state index in [4.69, 9.17) is 4.74 Å². The molecule has 0 saturated heterocycles. The fourth-order valence-electron chi connectivity index (χ4n) is 3.63. The molecule has 0 bridgehead atoms. The smallest absolute Gasteiger partial charge is 0.328 e. The molecule has 8 heteroatoms. The summed E-state index contributed by atoms with van der Waals surface area (Å²) in [6, 6.07) is 16.6. The number of ether oxygens (including phenoxy) is 1. The lowest BCUT2D eigenvalue weighted by Gasteiger charge is -2.26. The summed E-state index contributed by atoms with van der Waals surface area (Å²) < 4.78 is 29.7. The van der Waals surface area contributed by atoms with E-state index in [1.807, 2.05) is 6.07 Å². The first-order valence-electron chi connectivity index (χ1n) is 9.69. The van der Waals surface area contributed by atoms with Gasteiger partial charge in [0.2, 0.25) is 5.91 Å². The van der Waals surface area contributed by atoms with E-state index in [0.717, 1.165) is 5.56 Å². The van der Waals surface area contributed by atoms with Gasteiger partial charge < -0.3 is 4.74 Å². The van der Waals surface area contributed by atoms with Crippen LogP contribution >= 0.6 is 0 Å². The number of hydrogen-bond donors (Lipinski definition) is 1. The van der Waals surface area contributed by atoms with Gasteiger partial charge in [-0.2, -0.15) is 0 Å². The number of nitrogens with one attached hydrogen (secondary N) is 1. The van der Waals surface area contributed by atoms with Crippen molar-refractivity contribution in [3.8, 4) is 0 Å². The number of carbonyl (C=O) groups excluding carboxylic acids is 3. The normalized spacial score (nSPS) is 15.3. The maximum Gasteiger partial charge on any atom is 0.328 e. The molecule has 2 amide bonds. The van der Waals surface area contributed by atoms with Crippen molar-refractivity contribution in [1.82, 2.24) is 5.32 Å². The van der Waals surface area contributed by atoms with Crippen LogP contribution in [-0.4, -0.2) is 37.6 Å². The topological polar surface area (TPSA) is 107 Å². The average molecular weight is 429 g/mol. The predicted octanol–water partition coefficient (Wildman–Crippen LogP) is 2.20. The predicted molar refractivity (Wildman–Crippen MR) is 109 cm³/mol. The second-order valence-corrected chi connectivity index (χ2v) is 9.49. The van der Waals surface area contributed by atoms with Gasteiger partial charge in [-0.05, 0) is 30.5 Å². The van der Waals surface area contributed by atoms with E-state index in [2.05, 4.69) is 5.32 Å². The van der Waals surface area contributed by atoms with Gasteiger partial charge in [0.25, 0.3) is 5.91 Å². The fourth-order valence-corrected chi connectivity index (χ4v) is 5.70. The van der Waals surface area contributed by atoms with Crippen molar-refractivity contribution in [2.24, 2.45) is 0 Å². The third kappa shape index (κ3) is 4.59. The van der Waals surface area contributed by atoms with Gasteiger partial charge in [-0.3, -0.25) is 19.7 Å². The first-order chi connectivity index (χ1) is 14.3. The van der Waals surface area contributed by atoms with Crippen molar-refractivity contribution in [1.29, 1.82) is 0 Å². The van der Waals surface area contributed by atoms with Crippen molar-refractivity contribution in [3.63, 3.8) is 0 Å². The molecule has 0 heterocycles. The van der Waals surface area contributed by atoms with Crippen LogP contribution in [0.15, 0.2) is 65.6 Å². The van der Waals surface area contributed by atoms with Gasteiger partial charge in [-0.15, -0.1) is 0 Å². The highest BCUT2D eigenvalue weighted by Crippen LogP contribution is 2.41. The van der Waals surface area contributed by atoms with E-state index in [1.54, 1.807) is 42.5 Å². The first kappa shape index (κ1) is 21.7. The van der Waals surface area contributed by atoms with Crippen LogP contribution in [0, 0.1) is 0 Å². The Morgan fingerprint density at radius 1 is 0.867 bits per heavy atom. The van der Waals surface area contributed by atoms with Gasteiger partial charge in [0, 0.05) is 0 Å². The van der Waals surface area contributed by atoms with Crippen molar-refractivity contribution in [2.75, 3.05) is 6.61 Å². The van der Waals surface area contributed by atoms with Crippen LogP contribution in [0.1, 0.15) is 31.2 Å². The quantitative estimate of drug-likeness (QED) is 0.677. The molecule has 2 aromatic carbocycles. The molecule has 1 fully saturated rings. The number of sulfone groups is 1. The van der Waals surface area contributed by atoms with Crippen LogP contribution in [0.5, 0.6) is 0 Å². The molecule has 158 valence electrons. The van der Waals surface area contributed by atoms with Gasteiger partial charge in [-0.25, -0.2) is 8.42 Å². The van der Waals surface area contributed by atoms with E-state index in [0.29, 0.717) is 12.8 Å². The lowest BCUT2D eigenvalue weighted by Crippen LogP contribution is -2.46. The summed E-state index contributed by atoms with van der Waals surface area (Å²) in [6.45, 7) is -0.717. The number of benzene rings is 2. The minimum atomic E-state index is -3.98. The zero-order valence-electron chi connectivity index (χ0n) is 16.4. The summed E-state index contributed by atoms with van der Waals surface area (Å²) in [5, 5.41) is 2.15. The molecule has 1 N–H and O–H groups in total. The summed E-state index contributed by atoms with van der Waals surface area (Å²) in [5.41, 5.74) is 0.735. The zero-order chi connectivity index (χ0) is 21.6. The Morgan fingerprint density at radius 3 is 2.03 bits per heavy atom. The van der Waals surface area contributed by atoms with Crippen LogP contribution in [0.4, 0.5) is 0 Å². The van der Waals surface area contributed by atoms with Crippen LogP contribution < -0.4 is 5.32 Å². The second-order valence-electron chi connectivity index (χ2n) is 7.23. The Hall–Kier alpha value is -3.00. The molecule has 30 heavy (non-hydrogen) atoms. The second kappa shape index (κ2) is 9.21. The molecule has 0 radical (unpaired) electrons. The van der Waals surface area contributed by atoms with Crippen molar-refractivity contribution < 1.29 is 27.5 Å². The van der Waals surface area contributed by atoms with Gasteiger partial charge >= 0.3 is 5.97 Å². The SMILES string of the molecule is O=C(COC(=O)C1(S(=O)(=O)c2ccccc2)CCCC1)NC(=O)Cc1ccccc1. The number of rotatable bonds is 7. The van der Waals surface area contributed by atoms with Crippen molar-refractivity contribution >= 4 is 27.6 Å². The Balaban J connectivity index is 1.63. The molecule has 0 spiro atoms. The van der Waals surface area contributed by atoms with E-state index in [9.17, 15) is 22.8 Å². The third-order valence-electron chi connectivity index (χ3n) is 5.17. The van der Waals surface area contributed by atoms with E-state index in [1.165, 1.54) is 12.1 Å². The van der Waals surface area contributed by atoms with Crippen molar-refractivity contribution in [3.05, 3.63) is 66.2 Å². The zero-order valence-corrected chi connectivity index (χ0v) is 17.2. The van der Waals surface area contributed by atoms with Crippen LogP contribution in [0.2, 0.25) is 0 Å². The number of esters is 1. The molecule has 0 aliphatic heterocycles. The molecular weight excluding hydrogens is 406 g/mol. The Labute approximate surface area is 175 Å².